The predicted molar refractivity (Wildman–Crippen MR) is 52.9 cm³/mol. The maximum absolute atomic E-state index is 5.68. The van der Waals surface area contributed by atoms with Crippen molar-refractivity contribution in [1.82, 2.24) is 5.32 Å². The van der Waals surface area contributed by atoms with Crippen LogP contribution < -0.4 is 11.1 Å². The molecule has 1 aromatic carbocycles. The van der Waals surface area contributed by atoms with Gasteiger partial charge in [0.25, 0.3) is 0 Å². The van der Waals surface area contributed by atoms with Crippen molar-refractivity contribution in [3.8, 4) is 0 Å². The number of hydrogen-bond acceptors (Lipinski definition) is 2. The molecule has 0 aliphatic carbocycles. The zero-order valence-corrected chi connectivity index (χ0v) is 7.67. The first-order valence-electron chi connectivity index (χ1n) is 4.30. The lowest BCUT2D eigenvalue weighted by atomic mass is 10.0. The summed E-state index contributed by atoms with van der Waals surface area (Å²) in [5.41, 5.74) is 7.78. The largest absolute Gasteiger partial charge is 0.399 e. The first-order chi connectivity index (χ1) is 5.77. The van der Waals surface area contributed by atoms with Gasteiger partial charge in [-0.05, 0) is 31.2 Å². The van der Waals surface area contributed by atoms with E-state index in [1.165, 1.54) is 5.56 Å². The van der Waals surface area contributed by atoms with Crippen molar-refractivity contribution in [1.29, 1.82) is 0 Å². The van der Waals surface area contributed by atoms with Gasteiger partial charge in [0.2, 0.25) is 0 Å². The van der Waals surface area contributed by atoms with E-state index in [9.17, 15) is 0 Å². The molecule has 1 aromatic rings. The Morgan fingerprint density at radius 1 is 1.50 bits per heavy atom. The average molecular weight is 164 g/mol. The second-order valence-corrected chi connectivity index (χ2v) is 2.92. The zero-order valence-electron chi connectivity index (χ0n) is 7.67. The van der Waals surface area contributed by atoms with Crippen LogP contribution in [0.25, 0.3) is 0 Å². The van der Waals surface area contributed by atoms with Crippen LogP contribution >= 0.6 is 0 Å². The third-order valence-electron chi connectivity index (χ3n) is 2.07. The summed E-state index contributed by atoms with van der Waals surface area (Å²) in [6.45, 7) is 2.16. The Labute approximate surface area is 73.8 Å². The van der Waals surface area contributed by atoms with E-state index in [0.29, 0.717) is 6.04 Å². The van der Waals surface area contributed by atoms with Gasteiger partial charge < -0.3 is 11.1 Å². The Morgan fingerprint density at radius 3 is 2.75 bits per heavy atom. The quantitative estimate of drug-likeness (QED) is 0.670. The molecular weight excluding hydrogens is 148 g/mol. The predicted octanol–water partition coefficient (Wildman–Crippen LogP) is 1.94. The van der Waals surface area contributed by atoms with E-state index in [0.717, 1.165) is 12.1 Å². The van der Waals surface area contributed by atoms with Crippen molar-refractivity contribution in [2.24, 2.45) is 0 Å². The fraction of sp³-hybridized carbons (Fsp3) is 0.400. The highest BCUT2D eigenvalue weighted by Crippen LogP contribution is 2.17. The molecule has 0 aliphatic rings. The van der Waals surface area contributed by atoms with Crippen LogP contribution in [0.1, 0.15) is 24.9 Å². The molecule has 0 aliphatic heterocycles. The molecule has 0 radical (unpaired) electrons. The van der Waals surface area contributed by atoms with E-state index in [1.54, 1.807) is 0 Å². The van der Waals surface area contributed by atoms with Gasteiger partial charge in [0.05, 0.1) is 0 Å². The SMILES string of the molecule is CCC(NC)c1cccc(N)c1. The van der Waals surface area contributed by atoms with Gasteiger partial charge >= 0.3 is 0 Å². The molecule has 0 fully saturated rings. The Bertz CT molecular complexity index is 241. The van der Waals surface area contributed by atoms with Crippen molar-refractivity contribution >= 4 is 5.69 Å². The van der Waals surface area contributed by atoms with Crippen LogP contribution in [0.3, 0.4) is 0 Å². The van der Waals surface area contributed by atoms with Crippen LogP contribution in [-0.2, 0) is 0 Å². The van der Waals surface area contributed by atoms with Gasteiger partial charge in [-0.2, -0.15) is 0 Å². The third kappa shape index (κ3) is 1.98. The second-order valence-electron chi connectivity index (χ2n) is 2.92. The van der Waals surface area contributed by atoms with E-state index in [4.69, 9.17) is 5.73 Å². The molecular formula is C10H16N2. The number of nitrogen functional groups attached to an aromatic ring is 1. The topological polar surface area (TPSA) is 38.0 Å². The fourth-order valence-electron chi connectivity index (χ4n) is 1.38. The van der Waals surface area contributed by atoms with Gasteiger partial charge in [-0.1, -0.05) is 19.1 Å². The van der Waals surface area contributed by atoms with Crippen LogP contribution in [0.2, 0.25) is 0 Å². The molecule has 1 unspecified atom stereocenters. The first kappa shape index (κ1) is 9.07. The summed E-state index contributed by atoms with van der Waals surface area (Å²) in [6, 6.07) is 8.44. The highest BCUT2D eigenvalue weighted by atomic mass is 14.9. The van der Waals surface area contributed by atoms with Crippen LogP contribution in [0.4, 0.5) is 5.69 Å². The molecule has 66 valence electrons. The second kappa shape index (κ2) is 4.12. The Balaban J connectivity index is 2.85. The van der Waals surface area contributed by atoms with E-state index in [-0.39, 0.29) is 0 Å². The number of benzene rings is 1. The molecule has 1 rings (SSSR count). The number of hydrogen-bond donors (Lipinski definition) is 2. The maximum Gasteiger partial charge on any atom is 0.0317 e. The van der Waals surface area contributed by atoms with Crippen LogP contribution in [-0.4, -0.2) is 7.05 Å². The molecule has 0 bridgehead atoms. The van der Waals surface area contributed by atoms with Gasteiger partial charge in [-0.15, -0.1) is 0 Å². The average Bonchev–Trinajstić information content (AvgIpc) is 2.07. The lowest BCUT2D eigenvalue weighted by molar-refractivity contribution is 0.577. The monoisotopic (exact) mass is 164 g/mol. The molecule has 1 atom stereocenters. The van der Waals surface area contributed by atoms with Crippen molar-refractivity contribution in [2.45, 2.75) is 19.4 Å². The van der Waals surface area contributed by atoms with E-state index >= 15 is 0 Å². The van der Waals surface area contributed by atoms with E-state index in [2.05, 4.69) is 18.3 Å². The summed E-state index contributed by atoms with van der Waals surface area (Å²) in [5.74, 6) is 0. The van der Waals surface area contributed by atoms with Gasteiger partial charge in [0.15, 0.2) is 0 Å². The highest BCUT2D eigenvalue weighted by molar-refractivity contribution is 5.41. The number of rotatable bonds is 3. The molecule has 2 heteroatoms. The standard InChI is InChI=1S/C10H16N2/c1-3-10(12-2)8-5-4-6-9(11)7-8/h4-7,10,12H,3,11H2,1-2H3. The molecule has 2 nitrogen and oxygen atoms in total. The molecule has 0 spiro atoms. The number of nitrogens with one attached hydrogen (secondary N) is 1. The Hall–Kier alpha value is -1.02. The van der Waals surface area contributed by atoms with Crippen molar-refractivity contribution in [3.05, 3.63) is 29.8 Å². The highest BCUT2D eigenvalue weighted by Gasteiger charge is 2.04. The maximum atomic E-state index is 5.68. The van der Waals surface area contributed by atoms with E-state index < -0.39 is 0 Å². The summed E-state index contributed by atoms with van der Waals surface area (Å²) < 4.78 is 0. The smallest absolute Gasteiger partial charge is 0.0317 e. The first-order valence-corrected chi connectivity index (χ1v) is 4.30. The summed E-state index contributed by atoms with van der Waals surface area (Å²) in [5, 5.41) is 3.24. The van der Waals surface area contributed by atoms with Gasteiger partial charge in [-0.25, -0.2) is 0 Å². The summed E-state index contributed by atoms with van der Waals surface area (Å²) >= 11 is 0. The third-order valence-corrected chi connectivity index (χ3v) is 2.07. The van der Waals surface area contributed by atoms with Crippen LogP contribution in [0.5, 0.6) is 0 Å². The van der Waals surface area contributed by atoms with Gasteiger partial charge in [-0.3, -0.25) is 0 Å². The van der Waals surface area contributed by atoms with Crippen molar-refractivity contribution in [2.75, 3.05) is 12.8 Å². The minimum atomic E-state index is 0.425. The lowest BCUT2D eigenvalue weighted by Crippen LogP contribution is -2.15. The fourth-order valence-corrected chi connectivity index (χ4v) is 1.38. The Morgan fingerprint density at radius 2 is 2.25 bits per heavy atom. The normalized spacial score (nSPS) is 12.8. The molecule has 0 amide bonds. The minimum absolute atomic E-state index is 0.425. The molecule has 0 saturated carbocycles. The minimum Gasteiger partial charge on any atom is -0.399 e. The van der Waals surface area contributed by atoms with Crippen molar-refractivity contribution < 1.29 is 0 Å². The molecule has 0 aromatic heterocycles. The van der Waals surface area contributed by atoms with E-state index in [1.807, 2.05) is 25.2 Å². The van der Waals surface area contributed by atoms with Crippen LogP contribution in [0.15, 0.2) is 24.3 Å². The van der Waals surface area contributed by atoms with Crippen LogP contribution in [0, 0.1) is 0 Å². The number of anilines is 1. The lowest BCUT2D eigenvalue weighted by Gasteiger charge is -2.14. The number of nitrogens with two attached hydrogens (primary N) is 1. The van der Waals surface area contributed by atoms with Crippen molar-refractivity contribution in [3.63, 3.8) is 0 Å². The molecule has 0 heterocycles. The molecule has 0 saturated heterocycles. The van der Waals surface area contributed by atoms with Gasteiger partial charge in [0.1, 0.15) is 0 Å². The summed E-state index contributed by atoms with van der Waals surface area (Å²) in [6.07, 6.45) is 1.08. The van der Waals surface area contributed by atoms with Gasteiger partial charge in [0, 0.05) is 11.7 Å². The summed E-state index contributed by atoms with van der Waals surface area (Å²) in [4.78, 5) is 0. The molecule has 12 heavy (non-hydrogen) atoms. The zero-order chi connectivity index (χ0) is 8.97. The summed E-state index contributed by atoms with van der Waals surface area (Å²) in [7, 11) is 1.97. The molecule has 3 N–H and O–H groups in total. The Kier molecular flexibility index (Phi) is 3.11.